The van der Waals surface area contributed by atoms with Gasteiger partial charge in [-0.3, -0.25) is 0 Å². The summed E-state index contributed by atoms with van der Waals surface area (Å²) in [5, 5.41) is 4.20. The molecule has 1 heterocycles. The highest BCUT2D eigenvalue weighted by Crippen LogP contribution is 2.24. The van der Waals surface area contributed by atoms with E-state index >= 15 is 0 Å². The number of rotatable bonds is 3. The van der Waals surface area contributed by atoms with E-state index in [9.17, 15) is 0 Å². The molecule has 0 unspecified atom stereocenters. The lowest BCUT2D eigenvalue weighted by Gasteiger charge is -2.07. The molecule has 0 atom stereocenters. The molecule has 0 aliphatic rings. The second-order valence-electron chi connectivity index (χ2n) is 3.85. The van der Waals surface area contributed by atoms with Crippen LogP contribution in [0.1, 0.15) is 11.3 Å². The van der Waals surface area contributed by atoms with Gasteiger partial charge < -0.3 is 10.5 Å². The number of aromatic nitrogens is 2. The maximum Gasteiger partial charge on any atom is 0.236 e. The topological polar surface area (TPSA) is 53.1 Å². The van der Waals surface area contributed by atoms with E-state index in [0.29, 0.717) is 18.2 Å². The fourth-order valence-corrected chi connectivity index (χ4v) is 2.05. The number of ether oxygens (including phenoxy) is 1. The minimum absolute atomic E-state index is 0.475. The van der Waals surface area contributed by atoms with Gasteiger partial charge in [0.15, 0.2) is 0 Å². The first kappa shape index (κ1) is 12.0. The van der Waals surface area contributed by atoms with Gasteiger partial charge in [0.1, 0.15) is 12.3 Å². The molecule has 5 heteroatoms. The van der Waals surface area contributed by atoms with Crippen molar-refractivity contribution in [3.05, 3.63) is 40.0 Å². The average Bonchev–Trinajstić information content (AvgIpc) is 2.51. The third kappa shape index (κ3) is 2.61. The highest BCUT2D eigenvalue weighted by molar-refractivity contribution is 9.10. The number of nitrogens with two attached hydrogens (primary N) is 1. The molecule has 0 aliphatic heterocycles. The highest BCUT2D eigenvalue weighted by Gasteiger charge is 2.11. The Morgan fingerprint density at radius 3 is 2.82 bits per heavy atom. The minimum Gasteiger partial charge on any atom is -0.471 e. The fraction of sp³-hybridized carbons (Fsp3) is 0.250. The van der Waals surface area contributed by atoms with Crippen LogP contribution >= 0.6 is 15.9 Å². The SMILES string of the molecule is Cc1nn(C)c(OCc2cccc(Br)c2)c1N. The number of hydrogen-bond donors (Lipinski definition) is 1. The number of nitrogens with zero attached hydrogens (tertiary/aromatic N) is 2. The van der Waals surface area contributed by atoms with Crippen LogP contribution in [0.3, 0.4) is 0 Å². The Hall–Kier alpha value is -1.49. The van der Waals surface area contributed by atoms with E-state index in [1.54, 1.807) is 4.68 Å². The molecule has 0 aliphatic carbocycles. The lowest BCUT2D eigenvalue weighted by Crippen LogP contribution is -2.02. The third-order valence-electron chi connectivity index (χ3n) is 2.48. The van der Waals surface area contributed by atoms with Crippen molar-refractivity contribution >= 4 is 21.6 Å². The van der Waals surface area contributed by atoms with Crippen molar-refractivity contribution < 1.29 is 4.74 Å². The van der Waals surface area contributed by atoms with E-state index in [1.165, 1.54) is 0 Å². The van der Waals surface area contributed by atoms with Gasteiger partial charge in [-0.05, 0) is 24.6 Å². The van der Waals surface area contributed by atoms with Crippen LogP contribution in [-0.2, 0) is 13.7 Å². The Kier molecular flexibility index (Phi) is 3.38. The normalized spacial score (nSPS) is 10.5. The van der Waals surface area contributed by atoms with Gasteiger partial charge in [-0.15, -0.1) is 0 Å². The largest absolute Gasteiger partial charge is 0.471 e. The molecule has 0 bridgehead atoms. The Labute approximate surface area is 109 Å². The number of benzene rings is 1. The van der Waals surface area contributed by atoms with Gasteiger partial charge in [0.25, 0.3) is 0 Å². The number of anilines is 1. The first-order valence-electron chi connectivity index (χ1n) is 5.24. The van der Waals surface area contributed by atoms with Crippen molar-refractivity contribution in [1.82, 2.24) is 9.78 Å². The Bertz CT molecular complexity index is 537. The quantitative estimate of drug-likeness (QED) is 0.947. The molecule has 0 saturated heterocycles. The number of halogens is 1. The van der Waals surface area contributed by atoms with E-state index in [0.717, 1.165) is 15.7 Å². The lowest BCUT2D eigenvalue weighted by molar-refractivity contribution is 0.280. The van der Waals surface area contributed by atoms with E-state index < -0.39 is 0 Å². The zero-order chi connectivity index (χ0) is 12.4. The van der Waals surface area contributed by atoms with Gasteiger partial charge in [-0.25, -0.2) is 4.68 Å². The lowest BCUT2D eigenvalue weighted by atomic mass is 10.2. The van der Waals surface area contributed by atoms with E-state index in [2.05, 4.69) is 21.0 Å². The van der Waals surface area contributed by atoms with E-state index in [-0.39, 0.29) is 0 Å². The van der Waals surface area contributed by atoms with Gasteiger partial charge in [0, 0.05) is 11.5 Å². The Balaban J connectivity index is 2.12. The van der Waals surface area contributed by atoms with E-state index in [1.807, 2.05) is 38.2 Å². The zero-order valence-corrected chi connectivity index (χ0v) is 11.4. The molecule has 1 aromatic heterocycles. The molecule has 2 aromatic rings. The molecule has 0 spiro atoms. The number of aryl methyl sites for hydroxylation is 2. The third-order valence-corrected chi connectivity index (χ3v) is 2.97. The van der Waals surface area contributed by atoms with Crippen molar-refractivity contribution in [3.8, 4) is 5.88 Å². The van der Waals surface area contributed by atoms with Crippen LogP contribution in [0.25, 0.3) is 0 Å². The Morgan fingerprint density at radius 2 is 2.24 bits per heavy atom. The summed E-state index contributed by atoms with van der Waals surface area (Å²) in [5.74, 6) is 0.613. The van der Waals surface area contributed by atoms with Crippen LogP contribution < -0.4 is 10.5 Å². The van der Waals surface area contributed by atoms with Crippen LogP contribution in [-0.4, -0.2) is 9.78 Å². The molecule has 0 saturated carbocycles. The predicted octanol–water partition coefficient (Wildman–Crippen LogP) is 2.65. The van der Waals surface area contributed by atoms with Gasteiger partial charge in [0.2, 0.25) is 5.88 Å². The summed E-state index contributed by atoms with van der Waals surface area (Å²) in [6.45, 7) is 2.34. The smallest absolute Gasteiger partial charge is 0.236 e. The molecule has 4 nitrogen and oxygen atoms in total. The van der Waals surface area contributed by atoms with Crippen molar-refractivity contribution in [2.24, 2.45) is 7.05 Å². The predicted molar refractivity (Wildman–Crippen MR) is 70.8 cm³/mol. The summed E-state index contributed by atoms with van der Waals surface area (Å²) in [6, 6.07) is 7.97. The molecule has 17 heavy (non-hydrogen) atoms. The Morgan fingerprint density at radius 1 is 1.47 bits per heavy atom. The molecule has 0 radical (unpaired) electrons. The summed E-state index contributed by atoms with van der Waals surface area (Å²) >= 11 is 3.42. The standard InChI is InChI=1S/C12H14BrN3O/c1-8-11(14)12(16(2)15-8)17-7-9-4-3-5-10(13)6-9/h3-6H,7,14H2,1-2H3. The van der Waals surface area contributed by atoms with Crippen LogP contribution in [0.2, 0.25) is 0 Å². The monoisotopic (exact) mass is 295 g/mol. The zero-order valence-electron chi connectivity index (χ0n) is 9.77. The van der Waals surface area contributed by atoms with E-state index in [4.69, 9.17) is 10.5 Å². The summed E-state index contributed by atoms with van der Waals surface area (Å²) < 4.78 is 8.37. The first-order chi connectivity index (χ1) is 8.08. The fourth-order valence-electron chi connectivity index (χ4n) is 1.60. The maximum atomic E-state index is 5.88. The first-order valence-corrected chi connectivity index (χ1v) is 6.03. The van der Waals surface area contributed by atoms with Gasteiger partial charge in [0.05, 0.1) is 5.69 Å². The molecular formula is C12H14BrN3O. The molecule has 0 amide bonds. The van der Waals surface area contributed by atoms with Gasteiger partial charge in [-0.2, -0.15) is 5.10 Å². The molecule has 0 fully saturated rings. The van der Waals surface area contributed by atoms with Crippen LogP contribution in [0, 0.1) is 6.92 Å². The molecule has 2 N–H and O–H groups in total. The second-order valence-corrected chi connectivity index (χ2v) is 4.76. The van der Waals surface area contributed by atoms with Crippen molar-refractivity contribution in [2.75, 3.05) is 5.73 Å². The second kappa shape index (κ2) is 4.79. The van der Waals surface area contributed by atoms with Crippen molar-refractivity contribution in [1.29, 1.82) is 0 Å². The summed E-state index contributed by atoms with van der Waals surface area (Å²) in [6.07, 6.45) is 0. The number of nitrogen functional groups attached to an aromatic ring is 1. The minimum atomic E-state index is 0.475. The summed E-state index contributed by atoms with van der Waals surface area (Å²) in [7, 11) is 1.82. The number of hydrogen-bond acceptors (Lipinski definition) is 3. The molecule has 90 valence electrons. The molecule has 2 rings (SSSR count). The summed E-state index contributed by atoms with van der Waals surface area (Å²) in [4.78, 5) is 0. The van der Waals surface area contributed by atoms with Gasteiger partial charge in [-0.1, -0.05) is 28.1 Å². The van der Waals surface area contributed by atoms with Gasteiger partial charge >= 0.3 is 0 Å². The van der Waals surface area contributed by atoms with Crippen molar-refractivity contribution in [3.63, 3.8) is 0 Å². The van der Waals surface area contributed by atoms with Crippen LogP contribution in [0.5, 0.6) is 5.88 Å². The summed E-state index contributed by atoms with van der Waals surface area (Å²) in [5.41, 5.74) is 8.35. The molecule has 1 aromatic carbocycles. The average molecular weight is 296 g/mol. The van der Waals surface area contributed by atoms with Crippen LogP contribution in [0.4, 0.5) is 5.69 Å². The van der Waals surface area contributed by atoms with Crippen molar-refractivity contribution in [2.45, 2.75) is 13.5 Å². The molecular weight excluding hydrogens is 282 g/mol. The highest BCUT2D eigenvalue weighted by atomic mass is 79.9. The van der Waals surface area contributed by atoms with Crippen LogP contribution in [0.15, 0.2) is 28.7 Å². The maximum absolute atomic E-state index is 5.88.